The summed E-state index contributed by atoms with van der Waals surface area (Å²) in [7, 11) is 8.31. The average molecular weight is 413 g/mol. The van der Waals surface area contributed by atoms with E-state index in [1.54, 1.807) is 0 Å². The normalized spacial score (nSPS) is 15.8. The van der Waals surface area contributed by atoms with Crippen LogP contribution in [0.4, 0.5) is 5.69 Å². The first-order valence-electron chi connectivity index (χ1n) is 9.50. The molecule has 0 amide bonds. The molecule has 3 rings (SSSR count). The van der Waals surface area contributed by atoms with Crippen molar-refractivity contribution in [1.29, 1.82) is 0 Å². The number of halogens is 1. The molecule has 0 atom stereocenters. The maximum Gasteiger partial charge on any atom is 0.199 e. The Kier molecular flexibility index (Phi) is 7.97. The van der Waals surface area contributed by atoms with Crippen LogP contribution in [0.3, 0.4) is 0 Å². The molecule has 2 nitrogen and oxygen atoms in total. The van der Waals surface area contributed by atoms with Gasteiger partial charge in [0.2, 0.25) is 0 Å². The standard InChI is InChI=1S/C24H29N2S.ClH/c1-6-7-23-16-20(18-8-12-21(13-9-18)25(2)3)17-24(27-23)19-10-14-22(15-11-19)26(4)5;/h8-17H,6-7H2,1-5H3;1H/q+1;/p-1. The van der Waals surface area contributed by atoms with Gasteiger partial charge < -0.3 is 17.3 Å². The molecule has 0 unspecified atom stereocenters. The Morgan fingerprint density at radius 2 is 1.57 bits per heavy atom. The van der Waals surface area contributed by atoms with E-state index in [1.165, 1.54) is 44.3 Å². The van der Waals surface area contributed by atoms with Crippen molar-refractivity contribution in [3.63, 3.8) is 0 Å². The summed E-state index contributed by atoms with van der Waals surface area (Å²) in [5.41, 5.74) is 6.32. The summed E-state index contributed by atoms with van der Waals surface area (Å²) < 4.78 is 2.14. The highest BCUT2D eigenvalue weighted by Crippen LogP contribution is 2.41. The van der Waals surface area contributed by atoms with Crippen molar-refractivity contribution in [3.05, 3.63) is 81.7 Å². The Bertz CT molecular complexity index is 875. The lowest BCUT2D eigenvalue weighted by Gasteiger charge is -2.19. The molecule has 0 bridgehead atoms. The molecule has 1 aliphatic carbocycles. The van der Waals surface area contributed by atoms with Gasteiger partial charge in [-0.25, -0.2) is 4.58 Å². The van der Waals surface area contributed by atoms with Crippen LogP contribution in [0, 0.1) is 0 Å². The molecule has 0 N–H and O–H groups in total. The van der Waals surface area contributed by atoms with Crippen LogP contribution in [-0.2, 0) is 0 Å². The third-order valence-corrected chi connectivity index (χ3v) is 5.88. The van der Waals surface area contributed by atoms with Crippen molar-refractivity contribution in [2.75, 3.05) is 33.1 Å². The zero-order valence-corrected chi connectivity index (χ0v) is 18.9. The Hall–Kier alpha value is -1.97. The SMILES string of the molecule is CCCC1=CC(c2ccc(N(C)C)cc2)=CC(=C2C=CC(=[N+](C)C)C=C2)S1.[Cl-]. The molecule has 0 saturated heterocycles. The largest absolute Gasteiger partial charge is 1.00 e. The number of benzene rings is 1. The molecule has 0 fully saturated rings. The number of thioether (sulfide) groups is 1. The summed E-state index contributed by atoms with van der Waals surface area (Å²) in [6.07, 6.45) is 15.8. The van der Waals surface area contributed by atoms with Gasteiger partial charge in [0.05, 0.1) is 0 Å². The molecule has 2 aliphatic rings. The van der Waals surface area contributed by atoms with E-state index in [-0.39, 0.29) is 12.4 Å². The lowest BCUT2D eigenvalue weighted by Crippen LogP contribution is -3.00. The van der Waals surface area contributed by atoms with Crippen LogP contribution >= 0.6 is 11.8 Å². The van der Waals surface area contributed by atoms with E-state index in [1.807, 2.05) is 11.8 Å². The number of hydrogen-bond acceptors (Lipinski definition) is 2. The maximum atomic E-state index is 2.36. The van der Waals surface area contributed by atoms with Crippen molar-refractivity contribution in [2.45, 2.75) is 19.8 Å². The van der Waals surface area contributed by atoms with Gasteiger partial charge in [0.1, 0.15) is 14.1 Å². The van der Waals surface area contributed by atoms with Crippen molar-refractivity contribution < 1.29 is 17.0 Å². The van der Waals surface area contributed by atoms with Gasteiger partial charge in [-0.05, 0) is 64.5 Å². The van der Waals surface area contributed by atoms with Gasteiger partial charge in [-0.2, -0.15) is 0 Å². The van der Waals surface area contributed by atoms with E-state index in [9.17, 15) is 0 Å². The zero-order chi connectivity index (χ0) is 19.4. The fourth-order valence-corrected chi connectivity index (χ4v) is 4.33. The summed E-state index contributed by atoms with van der Waals surface area (Å²) in [6, 6.07) is 8.83. The van der Waals surface area contributed by atoms with Gasteiger partial charge in [-0.3, -0.25) is 0 Å². The second-order valence-corrected chi connectivity index (χ2v) is 8.48. The lowest BCUT2D eigenvalue weighted by atomic mass is 10.0. The molecule has 4 heteroatoms. The van der Waals surface area contributed by atoms with Crippen molar-refractivity contribution in [1.82, 2.24) is 0 Å². The summed E-state index contributed by atoms with van der Waals surface area (Å²) in [5, 5.41) is 0. The number of hydrogen-bond donors (Lipinski definition) is 0. The van der Waals surface area contributed by atoms with Gasteiger partial charge in [0.25, 0.3) is 0 Å². The molecule has 0 aromatic heterocycles. The van der Waals surface area contributed by atoms with E-state index < -0.39 is 0 Å². The fraction of sp³-hybridized carbons (Fsp3) is 0.292. The monoisotopic (exact) mass is 412 g/mol. The molecule has 1 heterocycles. The van der Waals surface area contributed by atoms with Crippen LogP contribution in [0.25, 0.3) is 5.57 Å². The van der Waals surface area contributed by atoms with Crippen LogP contribution in [0.1, 0.15) is 25.3 Å². The minimum absolute atomic E-state index is 0. The summed E-state index contributed by atoms with van der Waals surface area (Å²) >= 11 is 1.91. The summed E-state index contributed by atoms with van der Waals surface area (Å²) in [5.74, 6) is 0. The van der Waals surface area contributed by atoms with Crippen LogP contribution in [0.2, 0.25) is 0 Å². The average Bonchev–Trinajstić information content (AvgIpc) is 2.68. The Labute approximate surface area is 180 Å². The minimum atomic E-state index is 0. The minimum Gasteiger partial charge on any atom is -1.00 e. The molecule has 1 aliphatic heterocycles. The van der Waals surface area contributed by atoms with E-state index in [4.69, 9.17) is 0 Å². The second-order valence-electron chi connectivity index (χ2n) is 7.31. The van der Waals surface area contributed by atoms with E-state index in [0.29, 0.717) is 0 Å². The Balaban J connectivity index is 0.00000280. The van der Waals surface area contributed by atoms with Gasteiger partial charge in [0, 0.05) is 36.8 Å². The number of rotatable bonds is 4. The highest BCUT2D eigenvalue weighted by Gasteiger charge is 2.15. The quantitative estimate of drug-likeness (QED) is 0.701. The maximum absolute atomic E-state index is 2.36. The second kappa shape index (κ2) is 9.99. The zero-order valence-electron chi connectivity index (χ0n) is 17.4. The number of allylic oxidation sites excluding steroid dienone is 9. The van der Waals surface area contributed by atoms with Gasteiger partial charge in [-0.15, -0.1) is 0 Å². The topological polar surface area (TPSA) is 6.25 Å². The Morgan fingerprint density at radius 1 is 0.929 bits per heavy atom. The molecule has 0 radical (unpaired) electrons. The van der Waals surface area contributed by atoms with Crippen LogP contribution < -0.4 is 17.3 Å². The van der Waals surface area contributed by atoms with Crippen LogP contribution in [0.15, 0.2) is 76.1 Å². The predicted molar refractivity (Wildman–Crippen MR) is 122 cm³/mol. The number of anilines is 1. The van der Waals surface area contributed by atoms with E-state index in [0.717, 1.165) is 6.42 Å². The molecule has 28 heavy (non-hydrogen) atoms. The first-order valence-corrected chi connectivity index (χ1v) is 10.3. The van der Waals surface area contributed by atoms with E-state index >= 15 is 0 Å². The van der Waals surface area contributed by atoms with Crippen molar-refractivity contribution in [3.8, 4) is 0 Å². The first-order chi connectivity index (χ1) is 13.0. The third kappa shape index (κ3) is 5.30. The van der Waals surface area contributed by atoms with Crippen LogP contribution in [-0.4, -0.2) is 38.5 Å². The van der Waals surface area contributed by atoms with Gasteiger partial charge in [0.15, 0.2) is 5.71 Å². The van der Waals surface area contributed by atoms with Gasteiger partial charge >= 0.3 is 0 Å². The van der Waals surface area contributed by atoms with Crippen molar-refractivity contribution in [2.24, 2.45) is 0 Å². The lowest BCUT2D eigenvalue weighted by molar-refractivity contribution is -0.462. The van der Waals surface area contributed by atoms with Gasteiger partial charge in [-0.1, -0.05) is 37.2 Å². The summed E-state index contributed by atoms with van der Waals surface area (Å²) in [6.45, 7) is 2.25. The predicted octanol–water partition coefficient (Wildman–Crippen LogP) is 2.66. The molecular formula is C24H29ClN2S. The molecule has 1 aromatic rings. The molecule has 148 valence electrons. The Morgan fingerprint density at radius 3 is 2.11 bits per heavy atom. The molecule has 1 aromatic carbocycles. The highest BCUT2D eigenvalue weighted by molar-refractivity contribution is 8.07. The fourth-order valence-electron chi connectivity index (χ4n) is 3.11. The smallest absolute Gasteiger partial charge is 0.199 e. The third-order valence-electron chi connectivity index (χ3n) is 4.73. The highest BCUT2D eigenvalue weighted by atomic mass is 35.5. The van der Waals surface area contributed by atoms with E-state index in [2.05, 4.69) is 105 Å². The molecule has 0 saturated carbocycles. The van der Waals surface area contributed by atoms with Crippen LogP contribution in [0.5, 0.6) is 0 Å². The first kappa shape index (κ1) is 22.3. The molecule has 0 spiro atoms. The summed E-state index contributed by atoms with van der Waals surface area (Å²) in [4.78, 5) is 4.91. The number of nitrogens with zero attached hydrogens (tertiary/aromatic N) is 2. The van der Waals surface area contributed by atoms with Crippen molar-refractivity contribution >= 4 is 28.7 Å². The molecular weight excluding hydrogens is 384 g/mol.